The van der Waals surface area contributed by atoms with Crippen molar-refractivity contribution in [2.45, 2.75) is 51.4 Å². The summed E-state index contributed by atoms with van der Waals surface area (Å²) in [5.41, 5.74) is 6.31. The maximum atomic E-state index is 12.1. The van der Waals surface area contributed by atoms with Gasteiger partial charge in [0, 0.05) is 12.5 Å². The third kappa shape index (κ3) is 5.74. The Bertz CT molecular complexity index is 434. The van der Waals surface area contributed by atoms with Crippen LogP contribution in [0.15, 0.2) is 0 Å². The molecule has 0 atom stereocenters. The maximum absolute atomic E-state index is 12.1. The number of thiazole rings is 1. The molecular formula is C14H25Cl2N3OS. The Labute approximate surface area is 143 Å². The second-order valence-corrected chi connectivity index (χ2v) is 6.23. The fraction of sp³-hybridized carbons (Fsp3) is 0.714. The van der Waals surface area contributed by atoms with Gasteiger partial charge in [-0.3, -0.25) is 4.79 Å². The Morgan fingerprint density at radius 2 is 2.00 bits per heavy atom. The van der Waals surface area contributed by atoms with Crippen LogP contribution in [0.2, 0.25) is 0 Å². The minimum Gasteiger partial charge on any atom is -0.351 e. The van der Waals surface area contributed by atoms with Gasteiger partial charge in [-0.05, 0) is 39.2 Å². The molecule has 0 radical (unpaired) electrons. The Morgan fingerprint density at radius 1 is 1.33 bits per heavy atom. The number of aryl methyl sites for hydroxylation is 1. The number of hydrogen-bond donors (Lipinski definition) is 2. The maximum Gasteiger partial charge on any atom is 0.263 e. The van der Waals surface area contributed by atoms with Crippen molar-refractivity contribution in [3.05, 3.63) is 15.6 Å². The number of hydrogen-bond acceptors (Lipinski definition) is 4. The van der Waals surface area contributed by atoms with Gasteiger partial charge in [-0.25, -0.2) is 4.98 Å². The summed E-state index contributed by atoms with van der Waals surface area (Å²) in [6.07, 6.45) is 6.94. The van der Waals surface area contributed by atoms with Crippen molar-refractivity contribution in [3.8, 4) is 0 Å². The fourth-order valence-electron chi connectivity index (χ4n) is 2.53. The Kier molecular flexibility index (Phi) is 10.2. The van der Waals surface area contributed by atoms with Crippen LogP contribution in [-0.4, -0.2) is 24.0 Å². The molecule has 0 spiro atoms. The van der Waals surface area contributed by atoms with E-state index in [2.05, 4.69) is 10.3 Å². The summed E-state index contributed by atoms with van der Waals surface area (Å²) in [7, 11) is 0. The Morgan fingerprint density at radius 3 is 2.62 bits per heavy atom. The smallest absolute Gasteiger partial charge is 0.263 e. The lowest BCUT2D eigenvalue weighted by atomic mass is 10.1. The summed E-state index contributed by atoms with van der Waals surface area (Å²) in [5, 5.41) is 4.11. The average molecular weight is 354 g/mol. The monoisotopic (exact) mass is 353 g/mol. The van der Waals surface area contributed by atoms with E-state index in [0.29, 0.717) is 19.0 Å². The molecule has 1 aromatic heterocycles. The first-order chi connectivity index (χ1) is 9.22. The van der Waals surface area contributed by atoms with E-state index in [1.165, 1.54) is 25.7 Å². The van der Waals surface area contributed by atoms with E-state index < -0.39 is 0 Å². The van der Waals surface area contributed by atoms with Gasteiger partial charge >= 0.3 is 0 Å². The van der Waals surface area contributed by atoms with Crippen LogP contribution in [0.1, 0.15) is 64.8 Å². The largest absolute Gasteiger partial charge is 0.351 e. The highest BCUT2D eigenvalue weighted by Crippen LogP contribution is 2.37. The highest BCUT2D eigenvalue weighted by atomic mass is 35.5. The molecule has 1 heterocycles. The average Bonchev–Trinajstić information content (AvgIpc) is 3.03. The molecule has 4 nitrogen and oxygen atoms in total. The SMILES string of the molecule is Cc1nc(C2CCCC2)sc1C(=O)NCCCCN.Cl.Cl. The van der Waals surface area contributed by atoms with E-state index in [1.54, 1.807) is 11.3 Å². The van der Waals surface area contributed by atoms with E-state index in [0.717, 1.165) is 28.4 Å². The third-order valence-corrected chi connectivity index (χ3v) is 4.96. The summed E-state index contributed by atoms with van der Waals surface area (Å²) < 4.78 is 0. The number of rotatable bonds is 6. The summed E-state index contributed by atoms with van der Waals surface area (Å²) in [6, 6.07) is 0. The number of carbonyl (C=O) groups excluding carboxylic acids is 1. The summed E-state index contributed by atoms with van der Waals surface area (Å²) in [6.45, 7) is 3.32. The standard InChI is InChI=1S/C14H23N3OS.2ClH/c1-10-12(13(18)16-9-5-4-8-15)19-14(17-10)11-6-2-3-7-11;;/h11H,2-9,15H2,1H3,(H,16,18);2*1H. The van der Waals surface area contributed by atoms with Crippen LogP contribution in [0.3, 0.4) is 0 Å². The van der Waals surface area contributed by atoms with Gasteiger partial charge in [0.15, 0.2) is 0 Å². The van der Waals surface area contributed by atoms with Crippen molar-refractivity contribution in [2.75, 3.05) is 13.1 Å². The van der Waals surface area contributed by atoms with Gasteiger partial charge in [0.2, 0.25) is 0 Å². The normalized spacial score (nSPS) is 14.4. The van der Waals surface area contributed by atoms with Gasteiger partial charge in [0.25, 0.3) is 5.91 Å². The number of halogens is 2. The van der Waals surface area contributed by atoms with E-state index in [1.807, 2.05) is 6.92 Å². The van der Waals surface area contributed by atoms with E-state index in [4.69, 9.17) is 5.73 Å². The van der Waals surface area contributed by atoms with Crippen LogP contribution in [0.5, 0.6) is 0 Å². The van der Waals surface area contributed by atoms with Gasteiger partial charge in [-0.1, -0.05) is 12.8 Å². The minimum atomic E-state index is 0. The van der Waals surface area contributed by atoms with Gasteiger partial charge in [0.05, 0.1) is 10.7 Å². The van der Waals surface area contributed by atoms with Crippen LogP contribution < -0.4 is 11.1 Å². The zero-order chi connectivity index (χ0) is 13.7. The van der Waals surface area contributed by atoms with Gasteiger partial charge < -0.3 is 11.1 Å². The Balaban J connectivity index is 0.00000200. The highest BCUT2D eigenvalue weighted by molar-refractivity contribution is 7.13. The quantitative estimate of drug-likeness (QED) is 0.769. The lowest BCUT2D eigenvalue weighted by molar-refractivity contribution is 0.0956. The topological polar surface area (TPSA) is 68.0 Å². The summed E-state index contributed by atoms with van der Waals surface area (Å²) in [5.74, 6) is 0.610. The molecule has 1 aliphatic rings. The van der Waals surface area contributed by atoms with Crippen molar-refractivity contribution >= 4 is 42.1 Å². The summed E-state index contributed by atoms with van der Waals surface area (Å²) >= 11 is 1.58. The molecule has 122 valence electrons. The van der Waals surface area contributed by atoms with Crippen molar-refractivity contribution in [1.29, 1.82) is 0 Å². The molecule has 3 N–H and O–H groups in total. The first-order valence-electron chi connectivity index (χ1n) is 7.18. The molecule has 1 amide bonds. The zero-order valence-electron chi connectivity index (χ0n) is 12.4. The lowest BCUT2D eigenvalue weighted by Gasteiger charge is -2.03. The van der Waals surface area contributed by atoms with Crippen LogP contribution in [0.25, 0.3) is 0 Å². The molecule has 0 aliphatic heterocycles. The molecule has 1 fully saturated rings. The second-order valence-electron chi connectivity index (χ2n) is 5.20. The number of amides is 1. The molecule has 2 rings (SSSR count). The number of nitrogens with zero attached hydrogens (tertiary/aromatic N) is 1. The predicted molar refractivity (Wildman–Crippen MR) is 93.2 cm³/mol. The molecule has 21 heavy (non-hydrogen) atoms. The van der Waals surface area contributed by atoms with Crippen molar-refractivity contribution in [1.82, 2.24) is 10.3 Å². The molecule has 1 saturated carbocycles. The second kappa shape index (κ2) is 10.4. The van der Waals surface area contributed by atoms with E-state index in [9.17, 15) is 4.79 Å². The number of nitrogens with one attached hydrogen (secondary N) is 1. The number of unbranched alkanes of at least 4 members (excludes halogenated alkanes) is 1. The third-order valence-electron chi connectivity index (χ3n) is 3.64. The molecule has 7 heteroatoms. The van der Waals surface area contributed by atoms with Gasteiger partial charge in [-0.2, -0.15) is 0 Å². The molecule has 1 aromatic rings. The highest BCUT2D eigenvalue weighted by Gasteiger charge is 2.23. The number of nitrogens with two attached hydrogens (primary N) is 1. The zero-order valence-corrected chi connectivity index (χ0v) is 14.8. The molecule has 1 aliphatic carbocycles. The minimum absolute atomic E-state index is 0. The fourth-order valence-corrected chi connectivity index (χ4v) is 3.68. The van der Waals surface area contributed by atoms with Crippen molar-refractivity contribution < 1.29 is 4.79 Å². The van der Waals surface area contributed by atoms with Crippen LogP contribution in [-0.2, 0) is 0 Å². The van der Waals surface area contributed by atoms with E-state index >= 15 is 0 Å². The van der Waals surface area contributed by atoms with Gasteiger partial charge in [-0.15, -0.1) is 36.2 Å². The Hall–Kier alpha value is -0.360. The predicted octanol–water partition coefficient (Wildman–Crippen LogP) is 3.42. The van der Waals surface area contributed by atoms with Gasteiger partial charge in [0.1, 0.15) is 4.88 Å². The summed E-state index contributed by atoms with van der Waals surface area (Å²) in [4.78, 5) is 17.5. The first kappa shape index (κ1) is 20.6. The van der Waals surface area contributed by atoms with Crippen molar-refractivity contribution in [2.24, 2.45) is 5.73 Å². The van der Waals surface area contributed by atoms with Crippen LogP contribution in [0.4, 0.5) is 0 Å². The molecule has 0 saturated heterocycles. The van der Waals surface area contributed by atoms with E-state index in [-0.39, 0.29) is 30.7 Å². The molecule has 0 aromatic carbocycles. The van der Waals surface area contributed by atoms with Crippen LogP contribution in [0, 0.1) is 6.92 Å². The molecule has 0 bridgehead atoms. The number of aromatic nitrogens is 1. The molecular weight excluding hydrogens is 329 g/mol. The number of carbonyl (C=O) groups is 1. The lowest BCUT2D eigenvalue weighted by Crippen LogP contribution is -2.24. The van der Waals surface area contributed by atoms with Crippen molar-refractivity contribution in [3.63, 3.8) is 0 Å². The molecule has 0 unspecified atom stereocenters. The first-order valence-corrected chi connectivity index (χ1v) is 7.99. The van der Waals surface area contributed by atoms with Crippen LogP contribution >= 0.6 is 36.2 Å².